The van der Waals surface area contributed by atoms with Crippen LogP contribution in [0.2, 0.25) is 0 Å². The maximum Gasteiger partial charge on any atom is 0.325 e. The maximum absolute atomic E-state index is 10.2. The molecule has 0 aliphatic carbocycles. The molecule has 0 amide bonds. The van der Waals surface area contributed by atoms with Crippen LogP contribution in [0, 0.1) is 5.92 Å². The molecular weight excluding hydrogens is 304 g/mol. The number of aliphatic hydroxyl groups excluding tert-OH is 1. The molecule has 0 radical (unpaired) electrons. The van der Waals surface area contributed by atoms with E-state index in [2.05, 4.69) is 13.8 Å². The number of aliphatic carboxylic acids is 2. The zero-order chi connectivity index (χ0) is 17.1. The molecule has 0 aromatic carbocycles. The van der Waals surface area contributed by atoms with Gasteiger partial charge < -0.3 is 15.3 Å². The number of carboxylic acid groups (broad SMARTS) is 2. The molecule has 2 unspecified atom stereocenters. The first kappa shape index (κ1) is 22.1. The van der Waals surface area contributed by atoms with Gasteiger partial charge in [0.15, 0.2) is 5.25 Å². The van der Waals surface area contributed by atoms with Crippen LogP contribution in [0.1, 0.15) is 46.0 Å². The van der Waals surface area contributed by atoms with Gasteiger partial charge >= 0.3 is 11.9 Å². The Morgan fingerprint density at radius 1 is 1.14 bits per heavy atom. The van der Waals surface area contributed by atoms with Crippen LogP contribution < -0.4 is 0 Å². The standard InChI is InChI=1S/C8H18O.C4H6O7S/c1-3-5-6-8(4-2)7-9;5-3(6)1-2(4(7)8)12(9,10)11/h8-9H,3-7H2,1-2H3;2H,1H2,(H,5,6)(H,7,8)(H,9,10,11). The van der Waals surface area contributed by atoms with Crippen LogP contribution in [0.4, 0.5) is 0 Å². The monoisotopic (exact) mass is 328 g/mol. The molecule has 0 aliphatic rings. The highest BCUT2D eigenvalue weighted by Crippen LogP contribution is 2.10. The first-order valence-corrected chi connectivity index (χ1v) is 8.12. The molecule has 0 saturated carbocycles. The average Bonchev–Trinajstić information content (AvgIpc) is 2.36. The van der Waals surface area contributed by atoms with Crippen molar-refractivity contribution in [2.24, 2.45) is 5.92 Å². The van der Waals surface area contributed by atoms with Gasteiger partial charge in [-0.2, -0.15) is 8.42 Å². The molecule has 8 nitrogen and oxygen atoms in total. The van der Waals surface area contributed by atoms with Gasteiger partial charge in [0.2, 0.25) is 0 Å². The van der Waals surface area contributed by atoms with Crippen molar-refractivity contribution in [2.45, 2.75) is 51.2 Å². The summed E-state index contributed by atoms with van der Waals surface area (Å²) in [4.78, 5) is 20.0. The van der Waals surface area contributed by atoms with Crippen LogP contribution in [-0.2, 0) is 19.7 Å². The van der Waals surface area contributed by atoms with E-state index in [1.54, 1.807) is 0 Å². The molecule has 0 saturated heterocycles. The average molecular weight is 328 g/mol. The lowest BCUT2D eigenvalue weighted by atomic mass is 10.0. The number of carboxylic acids is 2. The van der Waals surface area contributed by atoms with E-state index in [1.807, 2.05) is 0 Å². The van der Waals surface area contributed by atoms with Crippen molar-refractivity contribution in [3.05, 3.63) is 0 Å². The largest absolute Gasteiger partial charge is 0.481 e. The molecule has 2 atom stereocenters. The van der Waals surface area contributed by atoms with E-state index in [-0.39, 0.29) is 0 Å². The molecule has 0 heterocycles. The smallest absolute Gasteiger partial charge is 0.325 e. The Bertz CT molecular complexity index is 399. The highest BCUT2D eigenvalue weighted by molar-refractivity contribution is 7.87. The van der Waals surface area contributed by atoms with Crippen molar-refractivity contribution in [2.75, 3.05) is 6.61 Å². The zero-order valence-corrected chi connectivity index (χ0v) is 13.0. The second-order valence-corrected chi connectivity index (χ2v) is 6.14. The summed E-state index contributed by atoms with van der Waals surface area (Å²) in [5.74, 6) is -2.94. The van der Waals surface area contributed by atoms with Crippen LogP contribution in [0.3, 0.4) is 0 Å². The molecule has 0 aromatic rings. The lowest BCUT2D eigenvalue weighted by Gasteiger charge is -2.08. The summed E-state index contributed by atoms with van der Waals surface area (Å²) in [5.41, 5.74) is 0. The summed E-state index contributed by atoms with van der Waals surface area (Å²) >= 11 is 0. The van der Waals surface area contributed by atoms with Gasteiger partial charge in [-0.1, -0.05) is 33.1 Å². The number of aliphatic hydroxyl groups is 1. The Morgan fingerprint density at radius 2 is 1.67 bits per heavy atom. The summed E-state index contributed by atoms with van der Waals surface area (Å²) in [7, 11) is -4.84. The summed E-state index contributed by atoms with van der Waals surface area (Å²) in [5, 5.41) is 22.7. The van der Waals surface area contributed by atoms with Crippen molar-refractivity contribution >= 4 is 22.1 Å². The highest BCUT2D eigenvalue weighted by Gasteiger charge is 2.33. The third-order valence-electron chi connectivity index (χ3n) is 2.80. The third-order valence-corrected chi connectivity index (χ3v) is 3.88. The van der Waals surface area contributed by atoms with Gasteiger partial charge in [-0.15, -0.1) is 0 Å². The van der Waals surface area contributed by atoms with Crippen molar-refractivity contribution < 1.29 is 37.9 Å². The first-order valence-electron chi connectivity index (χ1n) is 6.61. The fraction of sp³-hybridized carbons (Fsp3) is 0.833. The molecule has 0 fully saturated rings. The second kappa shape index (κ2) is 11.5. The van der Waals surface area contributed by atoms with E-state index in [0.717, 1.165) is 6.42 Å². The summed E-state index contributed by atoms with van der Waals surface area (Å²) in [6.45, 7) is 4.69. The third kappa shape index (κ3) is 12.3. The van der Waals surface area contributed by atoms with Crippen LogP contribution in [0.5, 0.6) is 0 Å². The van der Waals surface area contributed by atoms with Gasteiger partial charge in [0.05, 0.1) is 6.42 Å². The number of rotatable bonds is 9. The molecule has 9 heteroatoms. The lowest BCUT2D eigenvalue weighted by molar-refractivity contribution is -0.143. The van der Waals surface area contributed by atoms with Gasteiger partial charge in [-0.05, 0) is 12.3 Å². The van der Waals surface area contributed by atoms with Crippen molar-refractivity contribution in [3.63, 3.8) is 0 Å². The van der Waals surface area contributed by atoms with Gasteiger partial charge in [-0.3, -0.25) is 14.1 Å². The fourth-order valence-electron chi connectivity index (χ4n) is 1.40. The molecular formula is C12H24O8S. The maximum atomic E-state index is 10.2. The van der Waals surface area contributed by atoms with E-state index in [0.29, 0.717) is 12.5 Å². The van der Waals surface area contributed by atoms with Gasteiger partial charge in [0, 0.05) is 6.61 Å². The summed E-state index contributed by atoms with van der Waals surface area (Å²) in [6, 6.07) is 0. The van der Waals surface area contributed by atoms with E-state index in [1.165, 1.54) is 19.3 Å². The molecule has 0 bridgehead atoms. The van der Waals surface area contributed by atoms with Crippen molar-refractivity contribution in [1.82, 2.24) is 0 Å². The van der Waals surface area contributed by atoms with Crippen LogP contribution in [0.15, 0.2) is 0 Å². The van der Waals surface area contributed by atoms with Crippen molar-refractivity contribution in [3.8, 4) is 0 Å². The van der Waals surface area contributed by atoms with E-state index < -0.39 is 33.7 Å². The minimum absolute atomic E-state index is 0.372. The Hall–Kier alpha value is -1.19. The molecule has 0 spiro atoms. The molecule has 0 rings (SSSR count). The number of hydrogen-bond donors (Lipinski definition) is 4. The molecule has 126 valence electrons. The quantitative estimate of drug-likeness (QED) is 0.458. The number of carbonyl (C=O) groups is 2. The van der Waals surface area contributed by atoms with E-state index in [4.69, 9.17) is 19.9 Å². The highest BCUT2D eigenvalue weighted by atomic mass is 32.2. The predicted molar refractivity (Wildman–Crippen MR) is 75.6 cm³/mol. The Kier molecular flexibility index (Phi) is 12.1. The zero-order valence-electron chi connectivity index (χ0n) is 12.2. The van der Waals surface area contributed by atoms with Crippen molar-refractivity contribution in [1.29, 1.82) is 0 Å². The Balaban J connectivity index is 0. The minimum atomic E-state index is -4.84. The minimum Gasteiger partial charge on any atom is -0.481 e. The Labute approximate surface area is 124 Å². The normalized spacial score (nSPS) is 13.7. The first-order chi connectivity index (χ1) is 9.59. The summed E-state index contributed by atoms with van der Waals surface area (Å²) < 4.78 is 28.7. The van der Waals surface area contributed by atoms with E-state index in [9.17, 15) is 18.0 Å². The SMILES string of the molecule is CCCCC(CC)CO.O=C(O)CC(C(=O)O)S(=O)(=O)O. The molecule has 0 aliphatic heterocycles. The second-order valence-electron chi connectivity index (χ2n) is 4.54. The van der Waals surface area contributed by atoms with Gasteiger partial charge in [-0.25, -0.2) is 0 Å². The lowest BCUT2D eigenvalue weighted by Crippen LogP contribution is -2.31. The van der Waals surface area contributed by atoms with Crippen LogP contribution >= 0.6 is 0 Å². The summed E-state index contributed by atoms with van der Waals surface area (Å²) in [6.07, 6.45) is 3.67. The van der Waals surface area contributed by atoms with E-state index >= 15 is 0 Å². The number of unbranched alkanes of at least 4 members (excludes halogenated alkanes) is 1. The van der Waals surface area contributed by atoms with Crippen LogP contribution in [0.25, 0.3) is 0 Å². The van der Waals surface area contributed by atoms with Gasteiger partial charge in [0.25, 0.3) is 10.1 Å². The van der Waals surface area contributed by atoms with Gasteiger partial charge in [0.1, 0.15) is 0 Å². The Morgan fingerprint density at radius 3 is 1.86 bits per heavy atom. The molecule has 4 N–H and O–H groups in total. The predicted octanol–water partition coefficient (Wildman–Crippen LogP) is 0.997. The molecule has 21 heavy (non-hydrogen) atoms. The molecule has 0 aromatic heterocycles. The number of hydrogen-bond acceptors (Lipinski definition) is 5. The fourth-order valence-corrected chi connectivity index (χ4v) is 2.00. The topological polar surface area (TPSA) is 149 Å². The van der Waals surface area contributed by atoms with Crippen LogP contribution in [-0.4, -0.2) is 52.1 Å².